The number of benzene rings is 1. The summed E-state index contributed by atoms with van der Waals surface area (Å²) < 4.78 is 40.1. The number of anilines is 3. The third kappa shape index (κ3) is 3.86. The van der Waals surface area contributed by atoms with Gasteiger partial charge >= 0.3 is 0 Å². The molecule has 4 heterocycles. The van der Waals surface area contributed by atoms with Gasteiger partial charge in [-0.25, -0.2) is 13.8 Å². The molecule has 164 valence electrons. The lowest BCUT2D eigenvalue weighted by atomic mass is 10.3. The number of rotatable bonds is 4. The van der Waals surface area contributed by atoms with E-state index in [1.165, 1.54) is 4.57 Å². The molecule has 2 aliphatic rings. The van der Waals surface area contributed by atoms with Crippen molar-refractivity contribution in [1.82, 2.24) is 19.5 Å². The summed E-state index contributed by atoms with van der Waals surface area (Å²) in [6, 6.07) is 6.78. The number of ether oxygens (including phenoxy) is 2. The average Bonchev–Trinajstić information content (AvgIpc) is 3.19. The van der Waals surface area contributed by atoms with Crippen molar-refractivity contribution in [2.45, 2.75) is 6.43 Å². The Bertz CT molecular complexity index is 1040. The van der Waals surface area contributed by atoms with E-state index >= 15 is 0 Å². The molecule has 0 bridgehead atoms. The van der Waals surface area contributed by atoms with Gasteiger partial charge in [-0.15, -0.1) is 0 Å². The van der Waals surface area contributed by atoms with Crippen molar-refractivity contribution in [3.05, 3.63) is 30.1 Å². The van der Waals surface area contributed by atoms with Crippen LogP contribution in [0.2, 0.25) is 0 Å². The molecule has 0 amide bonds. The van der Waals surface area contributed by atoms with Crippen LogP contribution in [0.1, 0.15) is 12.2 Å². The van der Waals surface area contributed by atoms with E-state index in [1.54, 1.807) is 18.2 Å². The smallest absolute Gasteiger partial charge is 0.296 e. The number of morpholine rings is 2. The third-order valence-electron chi connectivity index (χ3n) is 5.46. The highest BCUT2D eigenvalue weighted by Crippen LogP contribution is 2.30. The lowest BCUT2D eigenvalue weighted by molar-refractivity contribution is 0.122. The predicted octanol–water partition coefficient (Wildman–Crippen LogP) is 2.01. The van der Waals surface area contributed by atoms with Gasteiger partial charge in [0.1, 0.15) is 11.6 Å². The molecule has 2 fully saturated rings. The zero-order valence-corrected chi connectivity index (χ0v) is 16.9. The minimum absolute atomic E-state index is 0.147. The van der Waals surface area contributed by atoms with Gasteiger partial charge in [0.25, 0.3) is 6.43 Å². The topological polar surface area (TPSA) is 94.6 Å². The van der Waals surface area contributed by atoms with E-state index in [2.05, 4.69) is 24.8 Å². The largest absolute Gasteiger partial charge is 0.399 e. The van der Waals surface area contributed by atoms with Gasteiger partial charge in [-0.1, -0.05) is 0 Å². The minimum Gasteiger partial charge on any atom is -0.399 e. The molecule has 31 heavy (non-hydrogen) atoms. The maximum Gasteiger partial charge on any atom is 0.296 e. The first-order valence-corrected chi connectivity index (χ1v) is 10.2. The number of nitrogens with two attached hydrogens (primary N) is 1. The van der Waals surface area contributed by atoms with Crippen molar-refractivity contribution < 1.29 is 18.3 Å². The van der Waals surface area contributed by atoms with Crippen LogP contribution in [-0.4, -0.2) is 72.1 Å². The molecule has 2 aliphatic heterocycles. The maximum absolute atomic E-state index is 13.9. The number of aromatic nitrogens is 4. The second-order valence-corrected chi connectivity index (χ2v) is 7.44. The molecule has 9 nitrogen and oxygen atoms in total. The van der Waals surface area contributed by atoms with Crippen LogP contribution in [0.3, 0.4) is 0 Å². The summed E-state index contributed by atoms with van der Waals surface area (Å²) >= 11 is 0. The van der Waals surface area contributed by atoms with Crippen molar-refractivity contribution in [2.75, 3.05) is 68.1 Å². The maximum atomic E-state index is 13.9. The molecule has 1 aromatic carbocycles. The highest BCUT2D eigenvalue weighted by molar-refractivity contribution is 5.81. The fourth-order valence-electron chi connectivity index (χ4n) is 3.89. The number of fused-ring (bicyclic) bond motifs is 1. The average molecular weight is 431 g/mol. The predicted molar refractivity (Wildman–Crippen MR) is 112 cm³/mol. The Balaban J connectivity index is 1.69. The van der Waals surface area contributed by atoms with Crippen molar-refractivity contribution in [3.63, 3.8) is 0 Å². The summed E-state index contributed by atoms with van der Waals surface area (Å²) in [6.07, 6.45) is -2.80. The summed E-state index contributed by atoms with van der Waals surface area (Å²) in [7, 11) is 0. The van der Waals surface area contributed by atoms with Gasteiger partial charge in [0, 0.05) is 37.9 Å². The van der Waals surface area contributed by atoms with Crippen LogP contribution < -0.4 is 15.5 Å². The van der Waals surface area contributed by atoms with Crippen LogP contribution in [0.5, 0.6) is 0 Å². The Hall–Kier alpha value is -3.05. The number of hydrogen-bond acceptors (Lipinski definition) is 8. The van der Waals surface area contributed by atoms with Crippen molar-refractivity contribution in [1.29, 1.82) is 0 Å². The molecule has 2 N–H and O–H groups in total. The molecular formula is C20H23F2N7O2. The summed E-state index contributed by atoms with van der Waals surface area (Å²) in [5.41, 5.74) is 7.25. The van der Waals surface area contributed by atoms with E-state index in [0.717, 1.165) is 0 Å². The molecular weight excluding hydrogens is 408 g/mol. The highest BCUT2D eigenvalue weighted by Gasteiger charge is 2.25. The van der Waals surface area contributed by atoms with Crippen LogP contribution in [0.4, 0.5) is 26.1 Å². The fourth-order valence-corrected chi connectivity index (χ4v) is 3.89. The van der Waals surface area contributed by atoms with Gasteiger partial charge < -0.3 is 25.0 Å². The lowest BCUT2D eigenvalue weighted by Crippen LogP contribution is -2.39. The van der Waals surface area contributed by atoms with Crippen LogP contribution in [0, 0.1) is 0 Å². The van der Waals surface area contributed by atoms with E-state index in [4.69, 9.17) is 15.2 Å². The van der Waals surface area contributed by atoms with Crippen LogP contribution in [0.25, 0.3) is 17.0 Å². The van der Waals surface area contributed by atoms with Gasteiger partial charge in [-0.2, -0.15) is 9.97 Å². The number of alkyl halides is 2. The van der Waals surface area contributed by atoms with Gasteiger partial charge in [0.2, 0.25) is 5.95 Å². The van der Waals surface area contributed by atoms with Crippen molar-refractivity contribution in [3.8, 4) is 5.95 Å². The number of nitrogens with zero attached hydrogens (tertiary/aromatic N) is 6. The van der Waals surface area contributed by atoms with Gasteiger partial charge in [0.15, 0.2) is 5.82 Å². The Kier molecular flexibility index (Phi) is 5.28. The number of halogens is 2. The summed E-state index contributed by atoms with van der Waals surface area (Å²) in [4.78, 5) is 17.6. The zero-order chi connectivity index (χ0) is 21.4. The molecule has 0 saturated carbocycles. The van der Waals surface area contributed by atoms with E-state index in [-0.39, 0.29) is 5.95 Å². The number of nitrogen functional groups attached to an aromatic ring is 1. The first-order valence-electron chi connectivity index (χ1n) is 10.2. The van der Waals surface area contributed by atoms with E-state index in [9.17, 15) is 8.78 Å². The third-order valence-corrected chi connectivity index (χ3v) is 5.46. The van der Waals surface area contributed by atoms with Crippen LogP contribution >= 0.6 is 0 Å². The fraction of sp³-hybridized carbons (Fsp3) is 0.450. The second-order valence-electron chi connectivity index (χ2n) is 7.44. The summed E-state index contributed by atoms with van der Waals surface area (Å²) in [5, 5.41) is 0. The Morgan fingerprint density at radius 3 is 1.97 bits per heavy atom. The lowest BCUT2D eigenvalue weighted by Gasteiger charge is -2.31. The molecule has 0 radical (unpaired) electrons. The van der Waals surface area contributed by atoms with Gasteiger partial charge in [0.05, 0.1) is 37.5 Å². The Morgan fingerprint density at radius 1 is 0.839 bits per heavy atom. The monoisotopic (exact) mass is 431 g/mol. The Labute approximate surface area is 177 Å². The van der Waals surface area contributed by atoms with E-state index < -0.39 is 12.2 Å². The van der Waals surface area contributed by atoms with Crippen LogP contribution in [-0.2, 0) is 9.47 Å². The quantitative estimate of drug-likeness (QED) is 0.627. The molecule has 2 saturated heterocycles. The molecule has 3 aromatic rings. The molecule has 0 aliphatic carbocycles. The zero-order valence-electron chi connectivity index (χ0n) is 16.9. The molecule has 5 rings (SSSR count). The molecule has 0 spiro atoms. The van der Waals surface area contributed by atoms with E-state index in [0.29, 0.717) is 81.0 Å². The SMILES string of the molecule is Nc1ccc2nc(C(F)F)n(-c3nc(N4CCOCC4)cc(N4CCOCC4)n3)c2c1. The van der Waals surface area contributed by atoms with Crippen molar-refractivity contribution >= 4 is 28.4 Å². The van der Waals surface area contributed by atoms with E-state index in [1.807, 2.05) is 6.07 Å². The normalized spacial score (nSPS) is 17.6. The number of imidazole rings is 1. The van der Waals surface area contributed by atoms with Crippen LogP contribution in [0.15, 0.2) is 24.3 Å². The molecule has 0 unspecified atom stereocenters. The minimum atomic E-state index is -2.80. The number of hydrogen-bond donors (Lipinski definition) is 1. The second kappa shape index (κ2) is 8.23. The van der Waals surface area contributed by atoms with Crippen molar-refractivity contribution in [2.24, 2.45) is 0 Å². The first-order chi connectivity index (χ1) is 15.1. The standard InChI is InChI=1S/C20H23F2N7O2/c21-18(22)19-24-14-2-1-13(23)11-15(14)29(19)20-25-16(27-3-7-30-8-4-27)12-17(26-20)28-5-9-31-10-6-28/h1-2,11-12,18H,3-10,23H2. The first kappa shape index (κ1) is 19.9. The molecule has 2 aromatic heterocycles. The molecule has 11 heteroatoms. The molecule has 0 atom stereocenters. The van der Waals surface area contributed by atoms with Gasteiger partial charge in [-0.05, 0) is 18.2 Å². The highest BCUT2D eigenvalue weighted by atomic mass is 19.3. The Morgan fingerprint density at radius 2 is 1.42 bits per heavy atom. The van der Waals surface area contributed by atoms with Gasteiger partial charge in [-0.3, -0.25) is 4.57 Å². The summed E-state index contributed by atoms with van der Waals surface area (Å²) in [6.45, 7) is 4.99. The summed E-state index contributed by atoms with van der Waals surface area (Å²) in [5.74, 6) is 1.07.